The second kappa shape index (κ2) is 6.59. The third kappa shape index (κ3) is 3.97. The number of aryl methyl sites for hydroxylation is 2. The number of esters is 1. The van der Waals surface area contributed by atoms with E-state index in [1.165, 1.54) is 0 Å². The second-order valence-corrected chi connectivity index (χ2v) is 6.28. The Morgan fingerprint density at radius 2 is 1.90 bits per heavy atom. The molecule has 112 valence electrons. The third-order valence-corrected chi connectivity index (χ3v) is 3.90. The molecule has 2 N–H and O–H groups in total. The van der Waals surface area contributed by atoms with Crippen LogP contribution in [0.15, 0.2) is 12.1 Å². The van der Waals surface area contributed by atoms with Gasteiger partial charge in [0.1, 0.15) is 0 Å². The molecule has 0 saturated carbocycles. The zero-order valence-corrected chi connectivity index (χ0v) is 13.7. The molecule has 0 heterocycles. The van der Waals surface area contributed by atoms with Crippen LogP contribution in [-0.2, 0) is 9.53 Å². The first-order valence-corrected chi connectivity index (χ1v) is 7.26. The van der Waals surface area contributed by atoms with Crippen molar-refractivity contribution in [2.75, 3.05) is 6.61 Å². The van der Waals surface area contributed by atoms with Gasteiger partial charge in [0, 0.05) is 11.1 Å². The molecule has 0 aliphatic rings. The van der Waals surface area contributed by atoms with E-state index >= 15 is 0 Å². The SMILES string of the molecule is CCOC(=O)C(C)(C)CC(N)c1cc(C)c(C)cc1Cl. The maximum absolute atomic E-state index is 11.9. The Labute approximate surface area is 126 Å². The summed E-state index contributed by atoms with van der Waals surface area (Å²) in [6.07, 6.45) is 0.494. The Morgan fingerprint density at radius 3 is 2.45 bits per heavy atom. The van der Waals surface area contributed by atoms with Crippen molar-refractivity contribution in [3.63, 3.8) is 0 Å². The lowest BCUT2D eigenvalue weighted by Gasteiger charge is -2.26. The third-order valence-electron chi connectivity index (χ3n) is 3.57. The zero-order valence-electron chi connectivity index (χ0n) is 12.9. The summed E-state index contributed by atoms with van der Waals surface area (Å²) in [5, 5.41) is 0.653. The summed E-state index contributed by atoms with van der Waals surface area (Å²) in [5.74, 6) is -0.226. The number of halogens is 1. The van der Waals surface area contributed by atoms with Gasteiger partial charge in [0.25, 0.3) is 0 Å². The second-order valence-electron chi connectivity index (χ2n) is 5.87. The molecule has 0 radical (unpaired) electrons. The van der Waals surface area contributed by atoms with Gasteiger partial charge in [-0.15, -0.1) is 0 Å². The van der Waals surface area contributed by atoms with Gasteiger partial charge in [-0.05, 0) is 63.8 Å². The van der Waals surface area contributed by atoms with Crippen LogP contribution in [0.3, 0.4) is 0 Å². The molecule has 0 bridgehead atoms. The molecule has 0 spiro atoms. The molecule has 3 nitrogen and oxygen atoms in total. The first kappa shape index (κ1) is 17.0. The van der Waals surface area contributed by atoms with E-state index in [1.807, 2.05) is 39.8 Å². The molecule has 4 heteroatoms. The smallest absolute Gasteiger partial charge is 0.311 e. The molecule has 1 unspecified atom stereocenters. The standard InChI is InChI=1S/C16H24ClNO2/c1-6-20-15(19)16(4,5)9-14(18)12-7-10(2)11(3)8-13(12)17/h7-8,14H,6,9,18H2,1-5H3. The lowest BCUT2D eigenvalue weighted by atomic mass is 9.83. The average Bonchev–Trinajstić information content (AvgIpc) is 2.33. The molecular formula is C16H24ClNO2. The highest BCUT2D eigenvalue weighted by molar-refractivity contribution is 6.31. The van der Waals surface area contributed by atoms with E-state index in [-0.39, 0.29) is 12.0 Å². The Bertz CT molecular complexity index is 497. The first-order chi connectivity index (χ1) is 9.19. The number of hydrogen-bond acceptors (Lipinski definition) is 3. The number of carbonyl (C=O) groups is 1. The van der Waals surface area contributed by atoms with Crippen LogP contribution in [-0.4, -0.2) is 12.6 Å². The normalized spacial score (nSPS) is 13.2. The van der Waals surface area contributed by atoms with Gasteiger partial charge in [-0.2, -0.15) is 0 Å². The molecule has 0 aromatic heterocycles. The van der Waals surface area contributed by atoms with Crippen LogP contribution in [0.25, 0.3) is 0 Å². The molecule has 0 aliphatic heterocycles. The maximum Gasteiger partial charge on any atom is 0.311 e. The van der Waals surface area contributed by atoms with E-state index < -0.39 is 5.41 Å². The van der Waals surface area contributed by atoms with Gasteiger partial charge in [-0.1, -0.05) is 17.7 Å². The summed E-state index contributed by atoms with van der Waals surface area (Å²) < 4.78 is 5.09. The highest BCUT2D eigenvalue weighted by Crippen LogP contribution is 2.34. The van der Waals surface area contributed by atoms with Gasteiger partial charge >= 0.3 is 5.97 Å². The molecule has 1 rings (SSSR count). The fraction of sp³-hybridized carbons (Fsp3) is 0.562. The largest absolute Gasteiger partial charge is 0.466 e. The summed E-state index contributed by atoms with van der Waals surface area (Å²) in [4.78, 5) is 11.9. The molecule has 0 saturated heterocycles. The highest BCUT2D eigenvalue weighted by atomic mass is 35.5. The summed E-state index contributed by atoms with van der Waals surface area (Å²) >= 11 is 6.27. The van der Waals surface area contributed by atoms with E-state index in [0.29, 0.717) is 18.1 Å². The summed E-state index contributed by atoms with van der Waals surface area (Å²) in [5.41, 5.74) is 8.78. The number of carbonyl (C=O) groups excluding carboxylic acids is 1. The molecule has 0 fully saturated rings. The van der Waals surface area contributed by atoms with Gasteiger partial charge < -0.3 is 10.5 Å². The molecule has 0 aliphatic carbocycles. The fourth-order valence-electron chi connectivity index (χ4n) is 2.16. The highest BCUT2D eigenvalue weighted by Gasteiger charge is 2.32. The van der Waals surface area contributed by atoms with E-state index in [9.17, 15) is 4.79 Å². The predicted octanol–water partition coefficient (Wildman–Crippen LogP) is 3.94. The van der Waals surface area contributed by atoms with Crippen molar-refractivity contribution < 1.29 is 9.53 Å². The van der Waals surface area contributed by atoms with Gasteiger partial charge in [-0.25, -0.2) is 0 Å². The van der Waals surface area contributed by atoms with E-state index in [0.717, 1.165) is 16.7 Å². The Kier molecular flexibility index (Phi) is 5.60. The van der Waals surface area contributed by atoms with Crippen molar-refractivity contribution in [1.82, 2.24) is 0 Å². The molecule has 1 aromatic rings. The molecule has 20 heavy (non-hydrogen) atoms. The van der Waals surface area contributed by atoms with Crippen LogP contribution in [0, 0.1) is 19.3 Å². The molecule has 0 amide bonds. The van der Waals surface area contributed by atoms with Crippen LogP contribution >= 0.6 is 11.6 Å². The fourth-order valence-corrected chi connectivity index (χ4v) is 2.52. The lowest BCUT2D eigenvalue weighted by molar-refractivity contribution is -0.154. The van der Waals surface area contributed by atoms with Gasteiger partial charge in [0.2, 0.25) is 0 Å². The van der Waals surface area contributed by atoms with Gasteiger partial charge in [-0.3, -0.25) is 4.79 Å². The van der Waals surface area contributed by atoms with Crippen LogP contribution in [0.4, 0.5) is 0 Å². The first-order valence-electron chi connectivity index (χ1n) is 6.88. The minimum atomic E-state index is -0.627. The summed E-state index contributed by atoms with van der Waals surface area (Å²) in [7, 11) is 0. The van der Waals surface area contributed by atoms with E-state index in [1.54, 1.807) is 6.92 Å². The molecular weight excluding hydrogens is 274 g/mol. The van der Waals surface area contributed by atoms with E-state index in [2.05, 4.69) is 0 Å². The van der Waals surface area contributed by atoms with E-state index in [4.69, 9.17) is 22.1 Å². The zero-order chi connectivity index (χ0) is 15.5. The average molecular weight is 298 g/mol. The van der Waals surface area contributed by atoms with Gasteiger partial charge in [0.05, 0.1) is 12.0 Å². The number of benzene rings is 1. The monoisotopic (exact) mass is 297 g/mol. The van der Waals surface area contributed by atoms with Crippen LogP contribution < -0.4 is 5.73 Å². The van der Waals surface area contributed by atoms with Crippen molar-refractivity contribution in [3.8, 4) is 0 Å². The van der Waals surface area contributed by atoms with Crippen molar-refractivity contribution in [2.24, 2.45) is 11.1 Å². The van der Waals surface area contributed by atoms with Crippen molar-refractivity contribution in [3.05, 3.63) is 33.8 Å². The minimum absolute atomic E-state index is 0.226. The van der Waals surface area contributed by atoms with Crippen LogP contribution in [0.1, 0.15) is 49.9 Å². The van der Waals surface area contributed by atoms with Crippen molar-refractivity contribution in [2.45, 2.75) is 47.1 Å². The summed E-state index contributed by atoms with van der Waals surface area (Å²) in [6, 6.07) is 3.63. The number of rotatable bonds is 5. The Hall–Kier alpha value is -1.06. The number of ether oxygens (including phenoxy) is 1. The summed E-state index contributed by atoms with van der Waals surface area (Å²) in [6.45, 7) is 9.91. The molecule has 1 aromatic carbocycles. The number of nitrogens with two attached hydrogens (primary N) is 1. The molecule has 1 atom stereocenters. The van der Waals surface area contributed by atoms with Crippen molar-refractivity contribution in [1.29, 1.82) is 0 Å². The number of hydrogen-bond donors (Lipinski definition) is 1. The quantitative estimate of drug-likeness (QED) is 0.838. The Morgan fingerprint density at radius 1 is 1.35 bits per heavy atom. The maximum atomic E-state index is 11.9. The van der Waals surface area contributed by atoms with Crippen molar-refractivity contribution >= 4 is 17.6 Å². The minimum Gasteiger partial charge on any atom is -0.466 e. The lowest BCUT2D eigenvalue weighted by Crippen LogP contribution is -2.31. The predicted molar refractivity (Wildman–Crippen MR) is 82.9 cm³/mol. The van der Waals surface area contributed by atoms with Gasteiger partial charge in [0.15, 0.2) is 0 Å². The topological polar surface area (TPSA) is 52.3 Å². The Balaban J connectivity index is 2.94. The van der Waals surface area contributed by atoms with Crippen LogP contribution in [0.2, 0.25) is 5.02 Å². The van der Waals surface area contributed by atoms with Crippen LogP contribution in [0.5, 0.6) is 0 Å².